The lowest BCUT2D eigenvalue weighted by atomic mass is 10.2. The molecule has 4 nitrogen and oxygen atoms in total. The van der Waals surface area contributed by atoms with E-state index in [0.717, 1.165) is 37.8 Å². The van der Waals surface area contributed by atoms with E-state index in [2.05, 4.69) is 16.0 Å². The summed E-state index contributed by atoms with van der Waals surface area (Å²) in [7, 11) is 0. The lowest BCUT2D eigenvalue weighted by molar-refractivity contribution is 0.122. The fourth-order valence-corrected chi connectivity index (χ4v) is 1.67. The Morgan fingerprint density at radius 1 is 1.40 bits per heavy atom. The van der Waals surface area contributed by atoms with E-state index in [-0.39, 0.29) is 0 Å². The minimum atomic E-state index is 0.670. The summed E-state index contributed by atoms with van der Waals surface area (Å²) < 4.78 is 5.27. The Morgan fingerprint density at radius 2 is 2.13 bits per heavy atom. The summed E-state index contributed by atoms with van der Waals surface area (Å²) in [5, 5.41) is 8.86. The molecule has 1 aromatic heterocycles. The molecule has 1 fully saturated rings. The summed E-state index contributed by atoms with van der Waals surface area (Å²) in [4.78, 5) is 6.57. The van der Waals surface area contributed by atoms with E-state index in [1.165, 1.54) is 0 Å². The summed E-state index contributed by atoms with van der Waals surface area (Å²) in [6.07, 6.45) is 0. The number of nitrogens with zero attached hydrogens (tertiary/aromatic N) is 3. The second-order valence-electron chi connectivity index (χ2n) is 3.57. The number of aryl methyl sites for hydroxylation is 1. The van der Waals surface area contributed by atoms with Crippen molar-refractivity contribution in [3.05, 3.63) is 23.4 Å². The molecular formula is C11H13N3O. The van der Waals surface area contributed by atoms with Crippen molar-refractivity contribution < 1.29 is 4.74 Å². The van der Waals surface area contributed by atoms with Crippen molar-refractivity contribution in [3.63, 3.8) is 0 Å². The summed E-state index contributed by atoms with van der Waals surface area (Å²) >= 11 is 0. The maximum absolute atomic E-state index is 8.86. The van der Waals surface area contributed by atoms with Crippen LogP contribution in [-0.4, -0.2) is 31.3 Å². The van der Waals surface area contributed by atoms with Gasteiger partial charge < -0.3 is 9.64 Å². The minimum Gasteiger partial charge on any atom is -0.378 e. The average molecular weight is 203 g/mol. The van der Waals surface area contributed by atoms with Gasteiger partial charge in [-0.15, -0.1) is 0 Å². The molecule has 0 amide bonds. The molecule has 0 atom stereocenters. The Hall–Kier alpha value is -1.60. The van der Waals surface area contributed by atoms with E-state index in [1.807, 2.05) is 13.0 Å². The largest absolute Gasteiger partial charge is 0.378 e. The van der Waals surface area contributed by atoms with Gasteiger partial charge in [0.15, 0.2) is 0 Å². The van der Waals surface area contributed by atoms with Gasteiger partial charge in [0.05, 0.1) is 24.8 Å². The SMILES string of the molecule is Cc1cc(C#N)cc(N2CCOCC2)n1. The maximum Gasteiger partial charge on any atom is 0.130 e. The third kappa shape index (κ3) is 2.25. The number of ether oxygens (including phenoxy) is 1. The van der Waals surface area contributed by atoms with Crippen molar-refractivity contribution in [1.29, 1.82) is 5.26 Å². The molecule has 0 spiro atoms. The van der Waals surface area contributed by atoms with Gasteiger partial charge in [0.1, 0.15) is 5.82 Å². The lowest BCUT2D eigenvalue weighted by Gasteiger charge is -2.28. The number of morpholine rings is 1. The smallest absolute Gasteiger partial charge is 0.130 e. The lowest BCUT2D eigenvalue weighted by Crippen LogP contribution is -2.36. The van der Waals surface area contributed by atoms with Crippen LogP contribution in [0.3, 0.4) is 0 Å². The van der Waals surface area contributed by atoms with Crippen LogP contribution in [0.15, 0.2) is 12.1 Å². The van der Waals surface area contributed by atoms with Gasteiger partial charge in [-0.05, 0) is 19.1 Å². The molecule has 4 heteroatoms. The average Bonchev–Trinajstić information content (AvgIpc) is 2.29. The highest BCUT2D eigenvalue weighted by atomic mass is 16.5. The monoisotopic (exact) mass is 203 g/mol. The first-order valence-electron chi connectivity index (χ1n) is 5.01. The van der Waals surface area contributed by atoms with Gasteiger partial charge >= 0.3 is 0 Å². The molecule has 0 bridgehead atoms. The summed E-state index contributed by atoms with van der Waals surface area (Å²) in [6, 6.07) is 5.78. The molecule has 0 unspecified atom stereocenters. The topological polar surface area (TPSA) is 49.2 Å². The number of hydrogen-bond acceptors (Lipinski definition) is 4. The highest BCUT2D eigenvalue weighted by Gasteiger charge is 2.13. The molecule has 1 aliphatic rings. The fourth-order valence-electron chi connectivity index (χ4n) is 1.67. The Kier molecular flexibility index (Phi) is 2.84. The van der Waals surface area contributed by atoms with Gasteiger partial charge in [0, 0.05) is 18.8 Å². The van der Waals surface area contributed by atoms with E-state index < -0.39 is 0 Å². The van der Waals surface area contributed by atoms with Crippen molar-refractivity contribution >= 4 is 5.82 Å². The number of rotatable bonds is 1. The maximum atomic E-state index is 8.86. The van der Waals surface area contributed by atoms with Gasteiger partial charge in [0.2, 0.25) is 0 Å². The van der Waals surface area contributed by atoms with Crippen molar-refractivity contribution in [3.8, 4) is 6.07 Å². The van der Waals surface area contributed by atoms with Gasteiger partial charge in [-0.25, -0.2) is 4.98 Å². The predicted molar refractivity (Wildman–Crippen MR) is 56.7 cm³/mol. The van der Waals surface area contributed by atoms with Crippen LogP contribution in [0.2, 0.25) is 0 Å². The van der Waals surface area contributed by atoms with Crippen LogP contribution in [0.5, 0.6) is 0 Å². The van der Waals surface area contributed by atoms with Crippen molar-refractivity contribution in [2.24, 2.45) is 0 Å². The molecule has 78 valence electrons. The Morgan fingerprint density at radius 3 is 2.80 bits per heavy atom. The van der Waals surface area contributed by atoms with Crippen LogP contribution < -0.4 is 4.90 Å². The molecule has 1 aromatic rings. The minimum absolute atomic E-state index is 0.670. The van der Waals surface area contributed by atoms with Gasteiger partial charge in [-0.3, -0.25) is 0 Å². The Balaban J connectivity index is 2.27. The van der Waals surface area contributed by atoms with Gasteiger partial charge in [-0.1, -0.05) is 0 Å². The number of aromatic nitrogens is 1. The van der Waals surface area contributed by atoms with Crippen molar-refractivity contribution in [2.45, 2.75) is 6.92 Å². The molecule has 1 aliphatic heterocycles. The predicted octanol–water partition coefficient (Wildman–Crippen LogP) is 1.10. The van der Waals surface area contributed by atoms with E-state index in [4.69, 9.17) is 10.00 Å². The van der Waals surface area contributed by atoms with Crippen LogP contribution in [0.4, 0.5) is 5.82 Å². The second-order valence-corrected chi connectivity index (χ2v) is 3.57. The highest BCUT2D eigenvalue weighted by Crippen LogP contribution is 2.15. The Bertz CT molecular complexity index is 391. The second kappa shape index (κ2) is 4.28. The number of nitriles is 1. The highest BCUT2D eigenvalue weighted by molar-refractivity contribution is 5.46. The molecular weight excluding hydrogens is 190 g/mol. The zero-order valence-electron chi connectivity index (χ0n) is 8.73. The number of hydrogen-bond donors (Lipinski definition) is 0. The number of anilines is 1. The third-order valence-electron chi connectivity index (χ3n) is 2.40. The molecule has 0 saturated carbocycles. The zero-order chi connectivity index (χ0) is 10.7. The van der Waals surface area contributed by atoms with Crippen LogP contribution in [0.1, 0.15) is 11.3 Å². The summed E-state index contributed by atoms with van der Waals surface area (Å²) in [5.74, 6) is 0.884. The summed E-state index contributed by atoms with van der Waals surface area (Å²) in [6.45, 7) is 5.07. The molecule has 0 radical (unpaired) electrons. The fraction of sp³-hybridized carbons (Fsp3) is 0.455. The molecule has 0 aliphatic carbocycles. The quantitative estimate of drug-likeness (QED) is 0.685. The molecule has 0 aromatic carbocycles. The standard InChI is InChI=1S/C11H13N3O/c1-9-6-10(8-12)7-11(13-9)14-2-4-15-5-3-14/h6-7H,2-5H2,1H3. The van der Waals surface area contributed by atoms with E-state index in [1.54, 1.807) is 6.07 Å². The van der Waals surface area contributed by atoms with Crippen LogP contribution >= 0.6 is 0 Å². The van der Waals surface area contributed by atoms with Crippen LogP contribution in [0.25, 0.3) is 0 Å². The first-order chi connectivity index (χ1) is 7.29. The third-order valence-corrected chi connectivity index (χ3v) is 2.40. The number of pyridine rings is 1. The first-order valence-corrected chi connectivity index (χ1v) is 5.01. The molecule has 2 rings (SSSR count). The normalized spacial score (nSPS) is 16.1. The van der Waals surface area contributed by atoms with E-state index in [0.29, 0.717) is 5.56 Å². The van der Waals surface area contributed by atoms with Crippen molar-refractivity contribution in [2.75, 3.05) is 31.2 Å². The van der Waals surface area contributed by atoms with E-state index >= 15 is 0 Å². The van der Waals surface area contributed by atoms with Crippen molar-refractivity contribution in [1.82, 2.24) is 4.98 Å². The van der Waals surface area contributed by atoms with Crippen LogP contribution in [-0.2, 0) is 4.74 Å². The molecule has 1 saturated heterocycles. The molecule has 0 N–H and O–H groups in total. The molecule has 2 heterocycles. The van der Waals surface area contributed by atoms with Gasteiger partial charge in [-0.2, -0.15) is 5.26 Å². The van der Waals surface area contributed by atoms with Crippen LogP contribution in [0, 0.1) is 18.3 Å². The summed E-state index contributed by atoms with van der Waals surface area (Å²) in [5.41, 5.74) is 1.56. The zero-order valence-corrected chi connectivity index (χ0v) is 8.73. The van der Waals surface area contributed by atoms with Gasteiger partial charge in [0.25, 0.3) is 0 Å². The Labute approximate surface area is 89.1 Å². The first kappa shape index (κ1) is 9.94. The van der Waals surface area contributed by atoms with E-state index in [9.17, 15) is 0 Å². The molecule has 15 heavy (non-hydrogen) atoms.